The van der Waals surface area contributed by atoms with Crippen LogP contribution >= 0.6 is 15.9 Å². The van der Waals surface area contributed by atoms with Crippen LogP contribution in [0.25, 0.3) is 0 Å². The molecule has 1 aromatic heterocycles. The van der Waals surface area contributed by atoms with Gasteiger partial charge in [0.1, 0.15) is 4.47 Å². The molecule has 17 heavy (non-hydrogen) atoms. The van der Waals surface area contributed by atoms with E-state index in [2.05, 4.69) is 26.3 Å². The van der Waals surface area contributed by atoms with Crippen molar-refractivity contribution in [1.29, 1.82) is 0 Å². The van der Waals surface area contributed by atoms with Crippen LogP contribution in [0.15, 0.2) is 21.8 Å². The van der Waals surface area contributed by atoms with Gasteiger partial charge in [-0.3, -0.25) is 19.6 Å². The molecule has 94 valence electrons. The molecule has 6 nitrogen and oxygen atoms in total. The molecule has 0 aromatic carbocycles. The zero-order valence-electron chi connectivity index (χ0n) is 9.36. The molecule has 0 spiro atoms. The van der Waals surface area contributed by atoms with E-state index in [1.807, 2.05) is 0 Å². The van der Waals surface area contributed by atoms with Crippen LogP contribution < -0.4 is 16.8 Å². The Morgan fingerprint density at radius 2 is 2.24 bits per heavy atom. The summed E-state index contributed by atoms with van der Waals surface area (Å²) in [7, 11) is 0. The summed E-state index contributed by atoms with van der Waals surface area (Å²) < 4.78 is 2.01. The molecule has 1 heterocycles. The summed E-state index contributed by atoms with van der Waals surface area (Å²) in [6.45, 7) is 0.607. The lowest BCUT2D eigenvalue weighted by Crippen LogP contribution is -2.29. The van der Waals surface area contributed by atoms with Crippen molar-refractivity contribution >= 4 is 21.8 Å². The highest BCUT2D eigenvalue weighted by Gasteiger charge is 2.01. The number of nitrogens with two attached hydrogens (primary N) is 1. The van der Waals surface area contributed by atoms with Gasteiger partial charge < -0.3 is 0 Å². The number of hydrogen-bond acceptors (Lipinski definition) is 4. The fourth-order valence-electron chi connectivity index (χ4n) is 1.40. The van der Waals surface area contributed by atoms with E-state index in [-0.39, 0.29) is 11.5 Å². The molecule has 0 fully saturated rings. The number of hydrazine groups is 1. The summed E-state index contributed by atoms with van der Waals surface area (Å²) in [6.07, 6.45) is 5.87. The Labute approximate surface area is 107 Å². The topological polar surface area (TPSA) is 90.0 Å². The molecule has 0 radical (unpaired) electrons. The van der Waals surface area contributed by atoms with Gasteiger partial charge in [0.15, 0.2) is 0 Å². The summed E-state index contributed by atoms with van der Waals surface area (Å²) in [4.78, 5) is 26.3. The Balaban J connectivity index is 2.29. The molecule has 1 rings (SSSR count). The standard InChI is InChI=1S/C10H15BrN4O2/c11-8-6-13-7-15(10(8)17)5-3-1-2-4-9(16)14-12/h6-7H,1-5,12H2,(H,14,16). The van der Waals surface area contributed by atoms with Crippen molar-refractivity contribution in [2.75, 3.05) is 0 Å². The number of unbranched alkanes of at least 4 members (excludes halogenated alkanes) is 2. The lowest BCUT2D eigenvalue weighted by molar-refractivity contribution is -0.121. The Bertz CT molecular complexity index is 433. The number of amides is 1. The third-order valence-electron chi connectivity index (χ3n) is 2.32. The molecular weight excluding hydrogens is 288 g/mol. The predicted octanol–water partition coefficient (Wildman–Crippen LogP) is 0.556. The molecule has 0 saturated heterocycles. The maximum absolute atomic E-state index is 11.6. The normalized spacial score (nSPS) is 10.2. The Kier molecular flexibility index (Phi) is 5.85. The van der Waals surface area contributed by atoms with E-state index in [1.165, 1.54) is 12.5 Å². The summed E-state index contributed by atoms with van der Waals surface area (Å²) in [5.41, 5.74) is 2.00. The summed E-state index contributed by atoms with van der Waals surface area (Å²) in [5.74, 6) is 4.80. The smallest absolute Gasteiger partial charge is 0.267 e. The van der Waals surface area contributed by atoms with Gasteiger partial charge in [-0.15, -0.1) is 0 Å². The predicted molar refractivity (Wildman–Crippen MR) is 67.0 cm³/mol. The van der Waals surface area contributed by atoms with E-state index >= 15 is 0 Å². The molecule has 0 unspecified atom stereocenters. The van der Waals surface area contributed by atoms with Gasteiger partial charge in [-0.25, -0.2) is 10.8 Å². The summed E-state index contributed by atoms with van der Waals surface area (Å²) >= 11 is 3.13. The second-order valence-electron chi connectivity index (χ2n) is 3.62. The number of aromatic nitrogens is 2. The van der Waals surface area contributed by atoms with E-state index < -0.39 is 0 Å². The lowest BCUT2D eigenvalue weighted by atomic mass is 10.2. The Morgan fingerprint density at radius 3 is 2.94 bits per heavy atom. The monoisotopic (exact) mass is 302 g/mol. The number of halogens is 1. The quantitative estimate of drug-likeness (QED) is 0.348. The van der Waals surface area contributed by atoms with E-state index in [4.69, 9.17) is 5.84 Å². The van der Waals surface area contributed by atoms with Crippen LogP contribution in [-0.2, 0) is 11.3 Å². The van der Waals surface area contributed by atoms with Gasteiger partial charge in [0.25, 0.3) is 5.56 Å². The zero-order chi connectivity index (χ0) is 12.7. The highest BCUT2D eigenvalue weighted by Crippen LogP contribution is 2.03. The van der Waals surface area contributed by atoms with Crippen LogP contribution in [0, 0.1) is 0 Å². The van der Waals surface area contributed by atoms with E-state index in [1.54, 1.807) is 4.57 Å². The summed E-state index contributed by atoms with van der Waals surface area (Å²) in [6, 6.07) is 0. The Morgan fingerprint density at radius 1 is 1.47 bits per heavy atom. The molecule has 0 aliphatic rings. The Hall–Kier alpha value is -1.21. The molecule has 0 aliphatic heterocycles. The number of nitrogens with one attached hydrogen (secondary N) is 1. The van der Waals surface area contributed by atoms with Crippen LogP contribution in [0.1, 0.15) is 25.7 Å². The van der Waals surface area contributed by atoms with Crippen molar-refractivity contribution < 1.29 is 4.79 Å². The fraction of sp³-hybridized carbons (Fsp3) is 0.500. The molecule has 1 aromatic rings. The molecule has 0 bridgehead atoms. The van der Waals surface area contributed by atoms with Crippen molar-refractivity contribution in [2.24, 2.45) is 5.84 Å². The van der Waals surface area contributed by atoms with Crippen molar-refractivity contribution in [1.82, 2.24) is 15.0 Å². The molecule has 0 atom stereocenters. The number of aryl methyl sites for hydroxylation is 1. The van der Waals surface area contributed by atoms with Crippen molar-refractivity contribution in [2.45, 2.75) is 32.2 Å². The second kappa shape index (κ2) is 7.18. The first kappa shape index (κ1) is 13.9. The number of carbonyl (C=O) groups excluding carboxylic acids is 1. The fourth-order valence-corrected chi connectivity index (χ4v) is 1.75. The largest absolute Gasteiger partial charge is 0.298 e. The summed E-state index contributed by atoms with van der Waals surface area (Å²) in [5, 5.41) is 0. The van der Waals surface area contributed by atoms with Gasteiger partial charge in [-0.1, -0.05) is 6.42 Å². The maximum atomic E-state index is 11.6. The lowest BCUT2D eigenvalue weighted by Gasteiger charge is -2.04. The highest BCUT2D eigenvalue weighted by molar-refractivity contribution is 9.10. The molecule has 0 saturated carbocycles. The van der Waals surface area contributed by atoms with E-state index in [0.29, 0.717) is 17.4 Å². The first-order valence-corrected chi connectivity index (χ1v) is 6.14. The number of rotatable bonds is 6. The zero-order valence-corrected chi connectivity index (χ0v) is 10.9. The van der Waals surface area contributed by atoms with Crippen LogP contribution in [-0.4, -0.2) is 15.5 Å². The third kappa shape index (κ3) is 4.66. The van der Waals surface area contributed by atoms with Gasteiger partial charge in [-0.05, 0) is 28.8 Å². The van der Waals surface area contributed by atoms with Crippen molar-refractivity contribution in [3.05, 3.63) is 27.4 Å². The SMILES string of the molecule is NNC(=O)CCCCCn1cncc(Br)c1=O. The van der Waals surface area contributed by atoms with Gasteiger partial charge in [-0.2, -0.15) is 0 Å². The van der Waals surface area contributed by atoms with Crippen LogP contribution in [0.4, 0.5) is 0 Å². The molecule has 1 amide bonds. The van der Waals surface area contributed by atoms with Gasteiger partial charge >= 0.3 is 0 Å². The van der Waals surface area contributed by atoms with Gasteiger partial charge in [0.05, 0.1) is 6.33 Å². The molecule has 7 heteroatoms. The first-order valence-electron chi connectivity index (χ1n) is 5.34. The van der Waals surface area contributed by atoms with Crippen molar-refractivity contribution in [3.8, 4) is 0 Å². The molecule has 3 N–H and O–H groups in total. The minimum Gasteiger partial charge on any atom is -0.298 e. The third-order valence-corrected chi connectivity index (χ3v) is 2.87. The highest BCUT2D eigenvalue weighted by atomic mass is 79.9. The minimum atomic E-state index is -0.161. The first-order chi connectivity index (χ1) is 8.15. The average molecular weight is 303 g/mol. The maximum Gasteiger partial charge on any atom is 0.267 e. The minimum absolute atomic E-state index is 0.0836. The van der Waals surface area contributed by atoms with Crippen LogP contribution in [0.3, 0.4) is 0 Å². The number of nitrogens with zero attached hydrogens (tertiary/aromatic N) is 2. The van der Waals surface area contributed by atoms with E-state index in [9.17, 15) is 9.59 Å². The van der Waals surface area contributed by atoms with Gasteiger partial charge in [0, 0.05) is 19.2 Å². The number of hydrogen-bond donors (Lipinski definition) is 2. The van der Waals surface area contributed by atoms with Gasteiger partial charge in [0.2, 0.25) is 5.91 Å². The van der Waals surface area contributed by atoms with Crippen molar-refractivity contribution in [3.63, 3.8) is 0 Å². The molecular formula is C10H15BrN4O2. The van der Waals surface area contributed by atoms with Crippen LogP contribution in [0.5, 0.6) is 0 Å². The second-order valence-corrected chi connectivity index (χ2v) is 4.47. The average Bonchev–Trinajstić information content (AvgIpc) is 2.33. The van der Waals surface area contributed by atoms with Crippen LogP contribution in [0.2, 0.25) is 0 Å². The van der Waals surface area contributed by atoms with E-state index in [0.717, 1.165) is 19.3 Å². The number of carbonyl (C=O) groups is 1. The molecule has 0 aliphatic carbocycles.